The molecule has 0 saturated heterocycles. The van der Waals surface area contributed by atoms with E-state index in [9.17, 15) is 34.5 Å². The first kappa shape index (κ1) is 38.7. The fourth-order valence-corrected chi connectivity index (χ4v) is 5.27. The highest BCUT2D eigenvalue weighted by molar-refractivity contribution is 5.71. The topological polar surface area (TPSA) is 150 Å². The maximum Gasteiger partial charge on any atom is 0.407 e. The van der Waals surface area contributed by atoms with Crippen LogP contribution in [0.4, 0.5) is 4.79 Å². The summed E-state index contributed by atoms with van der Waals surface area (Å²) in [4.78, 5) is 47.0. The second kappa shape index (κ2) is 25.4. The van der Waals surface area contributed by atoms with Crippen LogP contribution in [0.25, 0.3) is 0 Å². The highest BCUT2D eigenvalue weighted by Crippen LogP contribution is 2.27. The van der Waals surface area contributed by atoms with Crippen molar-refractivity contribution >= 4 is 24.0 Å². The minimum Gasteiger partial charge on any atom is -0.481 e. The number of carboxylic acid groups (broad SMARTS) is 3. The summed E-state index contributed by atoms with van der Waals surface area (Å²) in [5, 5.41) is 30.4. The summed E-state index contributed by atoms with van der Waals surface area (Å²) in [6.07, 6.45) is 18.1. The number of hydrogen-bond acceptors (Lipinski definition) is 5. The highest BCUT2D eigenvalue weighted by atomic mass is 16.6. The molecule has 0 spiro atoms. The summed E-state index contributed by atoms with van der Waals surface area (Å²) < 4.78 is 5.85. The Hall–Kier alpha value is -2.32. The SMILES string of the molecule is CCCCCCCCCCC(CCCCCCCCCC)OC(=O)NC(CCC(=O)O)(CCC(=O)O)CCC(=O)O. The van der Waals surface area contributed by atoms with Crippen LogP contribution < -0.4 is 5.32 Å². The zero-order valence-electron chi connectivity index (χ0n) is 25.9. The van der Waals surface area contributed by atoms with Crippen LogP contribution in [0.2, 0.25) is 0 Å². The molecule has 0 radical (unpaired) electrons. The molecule has 41 heavy (non-hydrogen) atoms. The van der Waals surface area contributed by atoms with Crippen molar-refractivity contribution in [2.75, 3.05) is 0 Å². The number of nitrogens with one attached hydrogen (secondary N) is 1. The molecular weight excluding hydrogens is 526 g/mol. The molecule has 0 aromatic carbocycles. The van der Waals surface area contributed by atoms with Gasteiger partial charge < -0.3 is 25.4 Å². The largest absolute Gasteiger partial charge is 0.481 e. The Balaban J connectivity index is 5.17. The van der Waals surface area contributed by atoms with Gasteiger partial charge in [0.15, 0.2) is 0 Å². The third kappa shape index (κ3) is 24.0. The molecule has 0 aromatic rings. The van der Waals surface area contributed by atoms with Crippen LogP contribution >= 0.6 is 0 Å². The fourth-order valence-electron chi connectivity index (χ4n) is 5.27. The van der Waals surface area contributed by atoms with E-state index < -0.39 is 29.5 Å². The van der Waals surface area contributed by atoms with Gasteiger partial charge in [-0.2, -0.15) is 0 Å². The Morgan fingerprint density at radius 3 is 1.20 bits per heavy atom. The number of aliphatic carboxylic acids is 3. The van der Waals surface area contributed by atoms with Crippen molar-refractivity contribution < 1.29 is 39.2 Å². The summed E-state index contributed by atoms with van der Waals surface area (Å²) in [5.74, 6) is -3.30. The van der Waals surface area contributed by atoms with Crippen LogP contribution in [0.5, 0.6) is 0 Å². The van der Waals surface area contributed by atoms with E-state index in [1.807, 2.05) is 0 Å². The molecule has 9 heteroatoms. The van der Waals surface area contributed by atoms with Gasteiger partial charge in [-0.15, -0.1) is 0 Å². The average Bonchev–Trinajstić information content (AvgIpc) is 2.92. The Morgan fingerprint density at radius 1 is 0.561 bits per heavy atom. The number of carbonyl (C=O) groups is 4. The second-order valence-corrected chi connectivity index (χ2v) is 11.6. The molecule has 4 N–H and O–H groups in total. The first-order valence-corrected chi connectivity index (χ1v) is 16.3. The molecule has 0 saturated carbocycles. The quantitative estimate of drug-likeness (QED) is 0.0638. The number of carboxylic acids is 3. The smallest absolute Gasteiger partial charge is 0.407 e. The van der Waals surface area contributed by atoms with Gasteiger partial charge in [0.2, 0.25) is 0 Å². The van der Waals surface area contributed by atoms with Crippen LogP contribution in [0.3, 0.4) is 0 Å². The maximum absolute atomic E-state index is 13.1. The molecule has 0 rings (SSSR count). The van der Waals surface area contributed by atoms with E-state index in [2.05, 4.69) is 19.2 Å². The minimum atomic E-state index is -1.28. The standard InChI is InChI=1S/C32H59NO8/c1-3-5-7-9-11-13-15-17-19-27(20-18-16-14-12-10-8-6-4-2)41-31(40)33-32(24-21-28(34)35,25-22-29(36)37)26-23-30(38)39/h27H,3-26H2,1-2H3,(H,33,40)(H,34,35)(H,36,37)(H,38,39). The molecule has 0 bridgehead atoms. The first-order chi connectivity index (χ1) is 19.6. The predicted molar refractivity (Wildman–Crippen MR) is 161 cm³/mol. The Kier molecular flexibility index (Phi) is 24.0. The lowest BCUT2D eigenvalue weighted by atomic mass is 9.83. The van der Waals surface area contributed by atoms with Crippen molar-refractivity contribution in [3.8, 4) is 0 Å². The molecule has 0 aliphatic rings. The van der Waals surface area contributed by atoms with E-state index >= 15 is 0 Å². The minimum absolute atomic E-state index is 0.0707. The van der Waals surface area contributed by atoms with E-state index in [0.29, 0.717) is 0 Å². The summed E-state index contributed by atoms with van der Waals surface area (Å²) in [5.41, 5.74) is -1.28. The molecule has 240 valence electrons. The van der Waals surface area contributed by atoms with Gasteiger partial charge in [0, 0.05) is 24.8 Å². The molecule has 9 nitrogen and oxygen atoms in total. The van der Waals surface area contributed by atoms with Gasteiger partial charge in [-0.1, -0.05) is 104 Å². The maximum atomic E-state index is 13.1. The fraction of sp³-hybridized carbons (Fsp3) is 0.875. The third-order valence-electron chi connectivity index (χ3n) is 7.85. The van der Waals surface area contributed by atoms with Gasteiger partial charge in [0.1, 0.15) is 6.10 Å². The Morgan fingerprint density at radius 2 is 0.878 bits per heavy atom. The van der Waals surface area contributed by atoms with Crippen LogP contribution in [0, 0.1) is 0 Å². The van der Waals surface area contributed by atoms with Crippen molar-refractivity contribution in [3.05, 3.63) is 0 Å². The van der Waals surface area contributed by atoms with E-state index in [0.717, 1.165) is 51.4 Å². The lowest BCUT2D eigenvalue weighted by Crippen LogP contribution is -2.50. The van der Waals surface area contributed by atoms with Crippen molar-refractivity contribution in [1.82, 2.24) is 5.32 Å². The van der Waals surface area contributed by atoms with E-state index in [4.69, 9.17) is 4.74 Å². The molecule has 0 unspecified atom stereocenters. The second-order valence-electron chi connectivity index (χ2n) is 11.6. The van der Waals surface area contributed by atoms with Crippen LogP contribution in [-0.4, -0.2) is 51.0 Å². The van der Waals surface area contributed by atoms with Crippen LogP contribution in [0.15, 0.2) is 0 Å². The van der Waals surface area contributed by atoms with Gasteiger partial charge in [-0.25, -0.2) is 4.79 Å². The highest BCUT2D eigenvalue weighted by Gasteiger charge is 2.34. The van der Waals surface area contributed by atoms with Crippen molar-refractivity contribution in [2.24, 2.45) is 0 Å². The van der Waals surface area contributed by atoms with Crippen molar-refractivity contribution in [1.29, 1.82) is 0 Å². The molecule has 0 fully saturated rings. The number of rotatable bonds is 29. The molecule has 0 heterocycles. The molecule has 0 aliphatic heterocycles. The zero-order chi connectivity index (χ0) is 30.8. The molecule has 0 aromatic heterocycles. The molecule has 0 atom stereocenters. The lowest BCUT2D eigenvalue weighted by Gasteiger charge is -2.34. The molecule has 0 aliphatic carbocycles. The van der Waals surface area contributed by atoms with E-state index in [1.54, 1.807) is 0 Å². The van der Waals surface area contributed by atoms with Gasteiger partial charge in [-0.05, 0) is 44.9 Å². The average molecular weight is 586 g/mol. The van der Waals surface area contributed by atoms with Crippen LogP contribution in [-0.2, 0) is 19.1 Å². The number of alkyl carbamates (subject to hydrolysis) is 1. The number of ether oxygens (including phenoxy) is 1. The van der Waals surface area contributed by atoms with Crippen molar-refractivity contribution in [2.45, 2.75) is 180 Å². The number of amides is 1. The Labute approximate surface area is 248 Å². The lowest BCUT2D eigenvalue weighted by molar-refractivity contribution is -0.137. The molecular formula is C32H59NO8. The van der Waals surface area contributed by atoms with Gasteiger partial charge in [0.25, 0.3) is 0 Å². The normalized spacial score (nSPS) is 11.5. The summed E-state index contributed by atoms with van der Waals surface area (Å²) in [6, 6.07) is 0. The van der Waals surface area contributed by atoms with Crippen molar-refractivity contribution in [3.63, 3.8) is 0 Å². The number of unbranched alkanes of at least 4 members (excludes halogenated alkanes) is 14. The molecule has 1 amide bonds. The number of carbonyl (C=O) groups excluding carboxylic acids is 1. The summed E-state index contributed by atoms with van der Waals surface area (Å²) >= 11 is 0. The van der Waals surface area contributed by atoms with Gasteiger partial charge in [0.05, 0.1) is 0 Å². The van der Waals surface area contributed by atoms with E-state index in [1.165, 1.54) is 64.2 Å². The van der Waals surface area contributed by atoms with Gasteiger partial charge >= 0.3 is 24.0 Å². The van der Waals surface area contributed by atoms with E-state index in [-0.39, 0.29) is 44.6 Å². The van der Waals surface area contributed by atoms with Crippen LogP contribution in [0.1, 0.15) is 168 Å². The third-order valence-corrected chi connectivity index (χ3v) is 7.85. The zero-order valence-corrected chi connectivity index (χ0v) is 25.9. The predicted octanol–water partition coefficient (Wildman–Crippen LogP) is 8.48. The monoisotopic (exact) mass is 585 g/mol. The summed E-state index contributed by atoms with van der Waals surface area (Å²) in [7, 11) is 0. The summed E-state index contributed by atoms with van der Waals surface area (Å²) in [6.45, 7) is 4.41. The number of hydrogen-bond donors (Lipinski definition) is 4. The first-order valence-electron chi connectivity index (χ1n) is 16.3. The van der Waals surface area contributed by atoms with Gasteiger partial charge in [-0.3, -0.25) is 14.4 Å². The Bertz CT molecular complexity index is 646.